The predicted molar refractivity (Wildman–Crippen MR) is 88.0 cm³/mol. The van der Waals surface area contributed by atoms with Crippen molar-refractivity contribution in [2.24, 2.45) is 0 Å². The number of thiocarbonyl (C=S) groups is 1. The monoisotopic (exact) mass is 341 g/mol. The van der Waals surface area contributed by atoms with Gasteiger partial charge in [0, 0.05) is 21.7 Å². The third-order valence-corrected chi connectivity index (χ3v) is 3.98. The summed E-state index contributed by atoms with van der Waals surface area (Å²) in [6, 6.07) is 5.90. The van der Waals surface area contributed by atoms with Gasteiger partial charge in [-0.1, -0.05) is 29.3 Å². The fraction of sp³-hybridized carbons (Fsp3) is 0.308. The number of halogens is 2. The number of nitrogens with one attached hydrogen (secondary N) is 2. The zero-order chi connectivity index (χ0) is 14.8. The molecule has 1 saturated carbocycles. The highest BCUT2D eigenvalue weighted by atomic mass is 35.5. The fourth-order valence-corrected chi connectivity index (χ4v) is 2.60. The largest absolute Gasteiger partial charge is 0.360 e. The van der Waals surface area contributed by atoms with Crippen LogP contribution in [-0.2, 0) is 6.54 Å². The van der Waals surface area contributed by atoms with Crippen molar-refractivity contribution in [1.29, 1.82) is 0 Å². The SMILES string of the molecule is S=C(Nc1ncn(Cc2c(Cl)cccc2Cl)n1)NC1CC1. The molecule has 0 atom stereocenters. The molecule has 0 amide bonds. The van der Waals surface area contributed by atoms with Crippen molar-refractivity contribution in [3.8, 4) is 0 Å². The van der Waals surface area contributed by atoms with Gasteiger partial charge in [-0.25, -0.2) is 9.67 Å². The van der Waals surface area contributed by atoms with Crippen molar-refractivity contribution >= 4 is 46.5 Å². The zero-order valence-electron chi connectivity index (χ0n) is 11.0. The lowest BCUT2D eigenvalue weighted by atomic mass is 10.2. The van der Waals surface area contributed by atoms with Crippen LogP contribution in [0.5, 0.6) is 0 Å². The normalized spacial score (nSPS) is 14.0. The summed E-state index contributed by atoms with van der Waals surface area (Å²) in [5.41, 5.74) is 0.816. The first-order valence-corrected chi connectivity index (χ1v) is 7.68. The third-order valence-electron chi connectivity index (χ3n) is 3.06. The number of rotatable bonds is 4. The Labute approximate surface area is 137 Å². The van der Waals surface area contributed by atoms with E-state index in [4.69, 9.17) is 35.4 Å². The van der Waals surface area contributed by atoms with Crippen LogP contribution in [-0.4, -0.2) is 25.9 Å². The molecule has 0 saturated heterocycles. The lowest BCUT2D eigenvalue weighted by Gasteiger charge is -2.07. The maximum atomic E-state index is 6.14. The van der Waals surface area contributed by atoms with Gasteiger partial charge >= 0.3 is 0 Å². The van der Waals surface area contributed by atoms with Gasteiger partial charge in [-0.05, 0) is 37.2 Å². The second-order valence-electron chi connectivity index (χ2n) is 4.84. The molecule has 0 spiro atoms. The molecule has 5 nitrogen and oxygen atoms in total. The van der Waals surface area contributed by atoms with Crippen molar-refractivity contribution in [3.63, 3.8) is 0 Å². The Bertz CT molecular complexity index is 648. The Hall–Kier alpha value is -1.37. The van der Waals surface area contributed by atoms with Gasteiger partial charge in [-0.2, -0.15) is 0 Å². The molecule has 8 heteroatoms. The number of hydrogen-bond acceptors (Lipinski definition) is 3. The molecule has 1 heterocycles. The second-order valence-corrected chi connectivity index (χ2v) is 6.06. The van der Waals surface area contributed by atoms with Crippen LogP contribution >= 0.6 is 35.4 Å². The summed E-state index contributed by atoms with van der Waals surface area (Å²) < 4.78 is 1.66. The molecule has 2 N–H and O–H groups in total. The van der Waals surface area contributed by atoms with Crippen LogP contribution in [0.15, 0.2) is 24.5 Å². The highest BCUT2D eigenvalue weighted by Gasteiger charge is 2.22. The van der Waals surface area contributed by atoms with Crippen molar-refractivity contribution < 1.29 is 0 Å². The van der Waals surface area contributed by atoms with Crippen molar-refractivity contribution in [2.45, 2.75) is 25.4 Å². The number of hydrogen-bond donors (Lipinski definition) is 2. The van der Waals surface area contributed by atoms with Crippen molar-refractivity contribution in [2.75, 3.05) is 5.32 Å². The van der Waals surface area contributed by atoms with Crippen LogP contribution in [0, 0.1) is 0 Å². The summed E-state index contributed by atoms with van der Waals surface area (Å²) in [5.74, 6) is 0.455. The minimum Gasteiger partial charge on any atom is -0.360 e. The van der Waals surface area contributed by atoms with Gasteiger partial charge in [0.1, 0.15) is 6.33 Å². The Morgan fingerprint density at radius 3 is 2.71 bits per heavy atom. The summed E-state index contributed by atoms with van der Waals surface area (Å²) in [6.07, 6.45) is 3.94. The van der Waals surface area contributed by atoms with E-state index < -0.39 is 0 Å². The highest BCUT2D eigenvalue weighted by molar-refractivity contribution is 7.80. The number of benzene rings is 1. The van der Waals surface area contributed by atoms with Crippen LogP contribution in [0.2, 0.25) is 10.0 Å². The predicted octanol–water partition coefficient (Wildman–Crippen LogP) is 3.08. The first-order valence-electron chi connectivity index (χ1n) is 6.51. The van der Waals surface area contributed by atoms with Gasteiger partial charge in [0.15, 0.2) is 5.11 Å². The molecule has 0 radical (unpaired) electrons. The quantitative estimate of drug-likeness (QED) is 0.837. The third kappa shape index (κ3) is 3.84. The molecule has 1 fully saturated rings. The Morgan fingerprint density at radius 2 is 2.05 bits per heavy atom. The lowest BCUT2D eigenvalue weighted by Crippen LogP contribution is -2.30. The van der Waals surface area contributed by atoms with E-state index in [1.54, 1.807) is 23.1 Å². The first kappa shape index (κ1) is 14.6. The number of anilines is 1. The number of nitrogens with zero attached hydrogens (tertiary/aromatic N) is 3. The summed E-state index contributed by atoms with van der Waals surface area (Å²) in [5, 5.41) is 12.2. The lowest BCUT2D eigenvalue weighted by molar-refractivity contribution is 0.687. The van der Waals surface area contributed by atoms with Crippen LogP contribution in [0.25, 0.3) is 0 Å². The molecule has 21 heavy (non-hydrogen) atoms. The molecular formula is C13H13Cl2N5S. The van der Waals surface area contributed by atoms with Crippen molar-refractivity contribution in [3.05, 3.63) is 40.1 Å². The summed E-state index contributed by atoms with van der Waals surface area (Å²) >= 11 is 17.5. The van der Waals surface area contributed by atoms with Crippen molar-refractivity contribution in [1.82, 2.24) is 20.1 Å². The van der Waals surface area contributed by atoms with Gasteiger partial charge in [0.25, 0.3) is 0 Å². The highest BCUT2D eigenvalue weighted by Crippen LogP contribution is 2.25. The number of aromatic nitrogens is 3. The summed E-state index contributed by atoms with van der Waals surface area (Å²) in [6.45, 7) is 0.454. The molecule has 3 rings (SSSR count). The molecule has 110 valence electrons. The van der Waals surface area contributed by atoms with Crippen LogP contribution in [0.1, 0.15) is 18.4 Å². The molecule has 1 aromatic heterocycles. The van der Waals surface area contributed by atoms with E-state index in [2.05, 4.69) is 20.7 Å². The minimum atomic E-state index is 0.454. The Kier molecular flexibility index (Phi) is 4.28. The molecule has 1 aliphatic carbocycles. The summed E-state index contributed by atoms with van der Waals surface area (Å²) in [7, 11) is 0. The van der Waals surface area contributed by atoms with Gasteiger partial charge in [0.2, 0.25) is 5.95 Å². The standard InChI is InChI=1S/C13H13Cl2N5S/c14-10-2-1-3-11(15)9(10)6-20-7-16-12(19-20)18-13(21)17-8-4-5-8/h1-3,7-8H,4-6H2,(H2,17,18,19,21). The molecule has 0 unspecified atom stereocenters. The zero-order valence-corrected chi connectivity index (χ0v) is 13.3. The first-order chi connectivity index (χ1) is 10.1. The van der Waals surface area contributed by atoms with Gasteiger partial charge in [0.05, 0.1) is 6.54 Å². The second kappa shape index (κ2) is 6.17. The van der Waals surface area contributed by atoms with E-state index in [0.29, 0.717) is 33.7 Å². The molecule has 0 aliphatic heterocycles. The Morgan fingerprint density at radius 1 is 1.33 bits per heavy atom. The van der Waals surface area contributed by atoms with E-state index >= 15 is 0 Å². The van der Waals surface area contributed by atoms with Crippen LogP contribution in [0.4, 0.5) is 5.95 Å². The average molecular weight is 342 g/mol. The van der Waals surface area contributed by atoms with Gasteiger partial charge in [-0.15, -0.1) is 5.10 Å². The van der Waals surface area contributed by atoms with E-state index in [-0.39, 0.29) is 0 Å². The Balaban J connectivity index is 1.65. The van der Waals surface area contributed by atoms with Crippen LogP contribution < -0.4 is 10.6 Å². The van der Waals surface area contributed by atoms with Gasteiger partial charge in [-0.3, -0.25) is 5.32 Å². The van der Waals surface area contributed by atoms with E-state index in [1.807, 2.05) is 6.07 Å². The molecular weight excluding hydrogens is 329 g/mol. The minimum absolute atomic E-state index is 0.454. The smallest absolute Gasteiger partial charge is 0.248 e. The van der Waals surface area contributed by atoms with E-state index in [1.165, 1.54) is 0 Å². The van der Waals surface area contributed by atoms with Gasteiger partial charge < -0.3 is 5.32 Å². The molecule has 1 aliphatic rings. The van der Waals surface area contributed by atoms with Crippen LogP contribution in [0.3, 0.4) is 0 Å². The molecule has 2 aromatic rings. The summed E-state index contributed by atoms with van der Waals surface area (Å²) in [4.78, 5) is 4.17. The van der Waals surface area contributed by atoms with E-state index in [9.17, 15) is 0 Å². The maximum absolute atomic E-state index is 6.14. The maximum Gasteiger partial charge on any atom is 0.248 e. The molecule has 1 aromatic carbocycles. The average Bonchev–Trinajstić information content (AvgIpc) is 3.13. The fourth-order valence-electron chi connectivity index (χ4n) is 1.82. The topological polar surface area (TPSA) is 54.8 Å². The molecule has 0 bridgehead atoms. The van der Waals surface area contributed by atoms with E-state index in [0.717, 1.165) is 18.4 Å².